The van der Waals surface area contributed by atoms with Crippen LogP contribution < -0.4 is 14.4 Å². The number of amides is 2. The number of aliphatic carboxylic acids is 1. The van der Waals surface area contributed by atoms with Crippen molar-refractivity contribution in [1.29, 1.82) is 0 Å². The number of rotatable bonds is 8. The van der Waals surface area contributed by atoms with Crippen LogP contribution in [-0.2, 0) is 9.59 Å². The van der Waals surface area contributed by atoms with Crippen LogP contribution in [0.1, 0.15) is 44.2 Å². The van der Waals surface area contributed by atoms with Gasteiger partial charge in [-0.3, -0.25) is 9.59 Å². The third kappa shape index (κ3) is 4.96. The number of carboxylic acid groups (broad SMARTS) is 1. The number of imide groups is 1. The summed E-state index contributed by atoms with van der Waals surface area (Å²) in [6, 6.07) is 12.3. The standard InChI is InChI=1S/C24H25NO6S/c1-5-14(2)17-7-9-18(10-8-17)25-22(26)21(32-24(25)29)13-16-6-11-19(20(12-16)30-4)31-15(3)23(27)28/h6-15H,5H2,1-4H3,(H,27,28)/b21-13+. The molecule has 2 amide bonds. The Balaban J connectivity index is 1.83. The number of thioether (sulfide) groups is 1. The van der Waals surface area contributed by atoms with Gasteiger partial charge in [0.15, 0.2) is 17.6 Å². The second-order valence-electron chi connectivity index (χ2n) is 7.43. The first-order valence-corrected chi connectivity index (χ1v) is 11.0. The largest absolute Gasteiger partial charge is 0.493 e. The van der Waals surface area contributed by atoms with Crippen molar-refractivity contribution in [3.63, 3.8) is 0 Å². The van der Waals surface area contributed by atoms with Gasteiger partial charge < -0.3 is 14.6 Å². The molecule has 1 aliphatic heterocycles. The summed E-state index contributed by atoms with van der Waals surface area (Å²) >= 11 is 0.867. The van der Waals surface area contributed by atoms with Gasteiger partial charge in [0.2, 0.25) is 0 Å². The monoisotopic (exact) mass is 455 g/mol. The van der Waals surface area contributed by atoms with Crippen LogP contribution >= 0.6 is 11.8 Å². The van der Waals surface area contributed by atoms with E-state index in [4.69, 9.17) is 14.6 Å². The molecule has 0 bridgehead atoms. The Hall–Kier alpha value is -3.26. The summed E-state index contributed by atoms with van der Waals surface area (Å²) in [5.74, 6) is -0.489. The Morgan fingerprint density at radius 3 is 2.41 bits per heavy atom. The number of nitrogens with zero attached hydrogens (tertiary/aromatic N) is 1. The SMILES string of the molecule is CCC(C)c1ccc(N2C(=O)S/C(=C/c3ccc(OC(C)C(=O)O)c(OC)c3)C2=O)cc1. The van der Waals surface area contributed by atoms with Gasteiger partial charge in [0.25, 0.3) is 11.1 Å². The second-order valence-corrected chi connectivity index (χ2v) is 8.42. The predicted molar refractivity (Wildman–Crippen MR) is 124 cm³/mol. The maximum atomic E-state index is 12.9. The third-order valence-corrected chi connectivity index (χ3v) is 6.13. The van der Waals surface area contributed by atoms with Gasteiger partial charge in [-0.15, -0.1) is 0 Å². The first-order chi connectivity index (χ1) is 15.2. The Morgan fingerprint density at radius 1 is 1.12 bits per heavy atom. The normalized spacial score (nSPS) is 16.9. The lowest BCUT2D eigenvalue weighted by Gasteiger charge is -2.15. The zero-order chi connectivity index (χ0) is 23.4. The minimum absolute atomic E-state index is 0.272. The smallest absolute Gasteiger partial charge is 0.344 e. The van der Waals surface area contributed by atoms with E-state index in [0.717, 1.165) is 23.7 Å². The minimum atomic E-state index is -1.10. The lowest BCUT2D eigenvalue weighted by atomic mass is 9.98. The topological polar surface area (TPSA) is 93.1 Å². The van der Waals surface area contributed by atoms with E-state index in [-0.39, 0.29) is 15.9 Å². The molecule has 168 valence electrons. The summed E-state index contributed by atoms with van der Waals surface area (Å²) in [6.07, 6.45) is 1.57. The molecule has 7 nitrogen and oxygen atoms in total. The predicted octanol–water partition coefficient (Wildman–Crippen LogP) is 5.30. The van der Waals surface area contributed by atoms with Crippen LogP contribution in [0, 0.1) is 0 Å². The van der Waals surface area contributed by atoms with Gasteiger partial charge in [-0.05, 0) is 72.5 Å². The number of benzene rings is 2. The fraction of sp³-hybridized carbons (Fsp3) is 0.292. The van der Waals surface area contributed by atoms with E-state index in [1.165, 1.54) is 18.9 Å². The lowest BCUT2D eigenvalue weighted by molar-refractivity contribution is -0.144. The maximum Gasteiger partial charge on any atom is 0.344 e. The van der Waals surface area contributed by atoms with Gasteiger partial charge in [0.1, 0.15) is 0 Å². The van der Waals surface area contributed by atoms with Crippen LogP contribution in [-0.4, -0.2) is 35.4 Å². The molecule has 2 unspecified atom stereocenters. The first-order valence-electron chi connectivity index (χ1n) is 10.2. The Morgan fingerprint density at radius 2 is 1.81 bits per heavy atom. The average molecular weight is 456 g/mol. The number of ether oxygens (including phenoxy) is 2. The van der Waals surface area contributed by atoms with Crippen LogP contribution in [0.4, 0.5) is 10.5 Å². The highest BCUT2D eigenvalue weighted by molar-refractivity contribution is 8.19. The summed E-state index contributed by atoms with van der Waals surface area (Å²) in [5.41, 5.74) is 2.31. The van der Waals surface area contributed by atoms with E-state index < -0.39 is 18.0 Å². The van der Waals surface area contributed by atoms with Gasteiger partial charge in [0, 0.05) is 0 Å². The van der Waals surface area contributed by atoms with Gasteiger partial charge in [-0.25, -0.2) is 9.69 Å². The maximum absolute atomic E-state index is 12.9. The highest BCUT2D eigenvalue weighted by atomic mass is 32.2. The van der Waals surface area contributed by atoms with Crippen molar-refractivity contribution in [2.24, 2.45) is 0 Å². The first kappa shape index (κ1) is 23.4. The molecule has 2 aromatic rings. The van der Waals surface area contributed by atoms with Gasteiger partial charge >= 0.3 is 5.97 Å². The zero-order valence-electron chi connectivity index (χ0n) is 18.3. The molecule has 0 saturated carbocycles. The molecule has 0 radical (unpaired) electrons. The number of carbonyl (C=O) groups is 3. The van der Waals surface area contributed by atoms with Crippen molar-refractivity contribution >= 4 is 40.6 Å². The fourth-order valence-corrected chi connectivity index (χ4v) is 3.98. The van der Waals surface area contributed by atoms with Crippen molar-refractivity contribution in [3.05, 3.63) is 58.5 Å². The van der Waals surface area contributed by atoms with E-state index >= 15 is 0 Å². The van der Waals surface area contributed by atoms with E-state index in [1.54, 1.807) is 36.4 Å². The quantitative estimate of drug-likeness (QED) is 0.540. The number of anilines is 1. The highest BCUT2D eigenvalue weighted by Gasteiger charge is 2.36. The van der Waals surface area contributed by atoms with Crippen LogP contribution in [0.25, 0.3) is 6.08 Å². The summed E-state index contributed by atoms with van der Waals surface area (Å²) < 4.78 is 10.7. The number of carboxylic acids is 1. The number of hydrogen-bond acceptors (Lipinski definition) is 6. The van der Waals surface area contributed by atoms with E-state index in [9.17, 15) is 14.4 Å². The molecule has 2 atom stereocenters. The lowest BCUT2D eigenvalue weighted by Crippen LogP contribution is -2.27. The summed E-state index contributed by atoms with van der Waals surface area (Å²) in [6.45, 7) is 5.66. The molecule has 1 fully saturated rings. The van der Waals surface area contributed by atoms with Crippen molar-refractivity contribution < 1.29 is 29.0 Å². The Bertz CT molecular complexity index is 1060. The molecule has 1 saturated heterocycles. The molecular weight excluding hydrogens is 430 g/mol. The minimum Gasteiger partial charge on any atom is -0.493 e. The zero-order valence-corrected chi connectivity index (χ0v) is 19.1. The Labute approximate surface area is 191 Å². The van der Waals surface area contributed by atoms with Crippen LogP contribution in [0.3, 0.4) is 0 Å². The molecule has 8 heteroatoms. The molecule has 0 aliphatic carbocycles. The molecule has 32 heavy (non-hydrogen) atoms. The summed E-state index contributed by atoms with van der Waals surface area (Å²) in [4.78, 5) is 38.0. The van der Waals surface area contributed by atoms with Gasteiger partial charge in [0.05, 0.1) is 17.7 Å². The van der Waals surface area contributed by atoms with Gasteiger partial charge in [-0.2, -0.15) is 0 Å². The van der Waals surface area contributed by atoms with E-state index in [2.05, 4.69) is 13.8 Å². The van der Waals surface area contributed by atoms with E-state index in [0.29, 0.717) is 22.9 Å². The number of methoxy groups -OCH3 is 1. The van der Waals surface area contributed by atoms with Crippen LogP contribution in [0.2, 0.25) is 0 Å². The average Bonchev–Trinajstić information content (AvgIpc) is 3.06. The fourth-order valence-electron chi connectivity index (χ4n) is 3.14. The van der Waals surface area contributed by atoms with Crippen molar-refractivity contribution in [1.82, 2.24) is 0 Å². The van der Waals surface area contributed by atoms with Crippen molar-refractivity contribution in [3.8, 4) is 11.5 Å². The van der Waals surface area contributed by atoms with Gasteiger partial charge in [-0.1, -0.05) is 32.0 Å². The van der Waals surface area contributed by atoms with Crippen molar-refractivity contribution in [2.45, 2.75) is 39.2 Å². The molecule has 1 heterocycles. The molecule has 2 aromatic carbocycles. The molecular formula is C24H25NO6S. The second kappa shape index (κ2) is 9.91. The Kier molecular flexibility index (Phi) is 7.25. The molecule has 1 aliphatic rings. The molecule has 0 spiro atoms. The van der Waals surface area contributed by atoms with Crippen LogP contribution in [0.5, 0.6) is 11.5 Å². The summed E-state index contributed by atoms with van der Waals surface area (Å²) in [5, 5.41) is 8.67. The number of carbonyl (C=O) groups excluding carboxylic acids is 2. The third-order valence-electron chi connectivity index (χ3n) is 5.26. The highest BCUT2D eigenvalue weighted by Crippen LogP contribution is 2.37. The molecule has 1 N–H and O–H groups in total. The van der Waals surface area contributed by atoms with E-state index in [1.807, 2.05) is 12.1 Å². The van der Waals surface area contributed by atoms with Crippen LogP contribution in [0.15, 0.2) is 47.4 Å². The summed E-state index contributed by atoms with van der Waals surface area (Å²) in [7, 11) is 1.44. The molecule has 0 aromatic heterocycles. The van der Waals surface area contributed by atoms with Crippen molar-refractivity contribution in [2.75, 3.05) is 12.0 Å². The number of hydrogen-bond donors (Lipinski definition) is 1. The molecule has 3 rings (SSSR count).